The molecule has 2 rings (SSSR count). The Morgan fingerprint density at radius 3 is 1.96 bits per heavy atom. The van der Waals surface area contributed by atoms with E-state index in [1.165, 1.54) is 30.3 Å². The number of hydrogen-bond donors (Lipinski definition) is 3. The van der Waals surface area contributed by atoms with E-state index in [1.807, 2.05) is 0 Å². The molecular weight excluding hydrogens is 384 g/mol. The van der Waals surface area contributed by atoms with Crippen molar-refractivity contribution in [3.05, 3.63) is 62.1 Å². The first-order valence-corrected chi connectivity index (χ1v) is 7.65. The number of benzene rings is 2. The van der Waals surface area contributed by atoms with Crippen LogP contribution in [0.5, 0.6) is 0 Å². The molecule has 0 heterocycles. The van der Waals surface area contributed by atoms with Crippen LogP contribution in [-0.2, 0) is 0 Å². The second-order valence-electron chi connectivity index (χ2n) is 4.29. The summed E-state index contributed by atoms with van der Waals surface area (Å²) in [5.41, 5.74) is 5.09. The fourth-order valence-electron chi connectivity index (χ4n) is 1.56. The number of amides is 3. The molecule has 0 bridgehead atoms. The van der Waals surface area contributed by atoms with Crippen molar-refractivity contribution in [2.75, 3.05) is 5.32 Å². The third-order valence-corrected chi connectivity index (χ3v) is 4.13. The van der Waals surface area contributed by atoms with Crippen molar-refractivity contribution in [2.45, 2.75) is 0 Å². The minimum atomic E-state index is -0.656. The van der Waals surface area contributed by atoms with Crippen LogP contribution < -0.4 is 16.2 Å². The van der Waals surface area contributed by atoms with Crippen molar-refractivity contribution in [2.24, 2.45) is 0 Å². The molecule has 0 aliphatic heterocycles. The van der Waals surface area contributed by atoms with Crippen LogP contribution in [0.3, 0.4) is 0 Å². The maximum Gasteiger partial charge on any atom is 0.337 e. The summed E-state index contributed by atoms with van der Waals surface area (Å²) in [6.07, 6.45) is 0. The van der Waals surface area contributed by atoms with Crippen LogP contribution in [0.4, 0.5) is 10.5 Å². The van der Waals surface area contributed by atoms with Gasteiger partial charge in [-0.25, -0.2) is 10.2 Å². The summed E-state index contributed by atoms with van der Waals surface area (Å²) in [6, 6.07) is 8.26. The Hall–Kier alpha value is -1.66. The van der Waals surface area contributed by atoms with Crippen LogP contribution in [0.15, 0.2) is 36.4 Å². The minimum absolute atomic E-state index is 0.236. The number of hydrogen-bond acceptors (Lipinski definition) is 2. The number of nitrogens with one attached hydrogen (secondary N) is 3. The van der Waals surface area contributed by atoms with Gasteiger partial charge < -0.3 is 5.32 Å². The summed E-state index contributed by atoms with van der Waals surface area (Å²) < 4.78 is 0. The molecule has 2 aromatic rings. The zero-order valence-corrected chi connectivity index (χ0v) is 14.3. The van der Waals surface area contributed by atoms with Gasteiger partial charge in [-0.2, -0.15) is 0 Å². The topological polar surface area (TPSA) is 70.2 Å². The highest BCUT2D eigenvalue weighted by molar-refractivity contribution is 6.42. The van der Waals surface area contributed by atoms with Crippen molar-refractivity contribution in [3.63, 3.8) is 0 Å². The Labute approximate surface area is 151 Å². The largest absolute Gasteiger partial charge is 0.337 e. The van der Waals surface area contributed by atoms with Crippen LogP contribution in [0, 0.1) is 0 Å². The molecule has 0 atom stereocenters. The average molecular weight is 393 g/mol. The quantitative estimate of drug-likeness (QED) is 0.644. The third-order valence-electron chi connectivity index (χ3n) is 2.65. The van der Waals surface area contributed by atoms with E-state index in [0.717, 1.165) is 0 Å². The molecule has 0 aliphatic rings. The van der Waals surface area contributed by atoms with Crippen LogP contribution >= 0.6 is 46.4 Å². The van der Waals surface area contributed by atoms with Gasteiger partial charge in [-0.3, -0.25) is 10.2 Å². The van der Waals surface area contributed by atoms with Gasteiger partial charge in [0.2, 0.25) is 0 Å². The molecule has 5 nitrogen and oxygen atoms in total. The second kappa shape index (κ2) is 7.75. The molecule has 9 heteroatoms. The van der Waals surface area contributed by atoms with Crippen molar-refractivity contribution < 1.29 is 9.59 Å². The van der Waals surface area contributed by atoms with Gasteiger partial charge in [-0.05, 0) is 36.4 Å². The number of hydrazine groups is 1. The SMILES string of the molecule is O=C(NNC(=O)c1ccc(Cl)c(Cl)c1)Nc1ccc(Cl)c(Cl)c1. The Kier molecular flexibility index (Phi) is 5.96. The summed E-state index contributed by atoms with van der Waals surface area (Å²) in [7, 11) is 0. The zero-order chi connectivity index (χ0) is 17.0. The molecule has 0 aliphatic carbocycles. The third kappa shape index (κ3) is 4.91. The molecule has 0 radical (unpaired) electrons. The van der Waals surface area contributed by atoms with Gasteiger partial charge in [0.25, 0.3) is 5.91 Å². The maximum atomic E-state index is 11.9. The van der Waals surface area contributed by atoms with Crippen LogP contribution in [0.25, 0.3) is 0 Å². The predicted octanol–water partition coefficient (Wildman–Crippen LogP) is 4.77. The lowest BCUT2D eigenvalue weighted by Crippen LogP contribution is -2.43. The lowest BCUT2D eigenvalue weighted by atomic mass is 10.2. The number of rotatable bonds is 2. The molecule has 0 aromatic heterocycles. The van der Waals surface area contributed by atoms with E-state index in [9.17, 15) is 9.59 Å². The van der Waals surface area contributed by atoms with Gasteiger partial charge in [0, 0.05) is 11.3 Å². The number of halogens is 4. The van der Waals surface area contributed by atoms with E-state index in [1.54, 1.807) is 6.07 Å². The van der Waals surface area contributed by atoms with Gasteiger partial charge in [-0.1, -0.05) is 46.4 Å². The standard InChI is InChI=1S/C14H9Cl4N3O2/c15-9-3-1-7(5-11(9)17)13(22)20-21-14(23)19-8-2-4-10(16)12(18)6-8/h1-6H,(H,20,22)(H2,19,21,23). The fourth-order valence-corrected chi connectivity index (χ4v) is 2.16. The van der Waals surface area contributed by atoms with Gasteiger partial charge in [0.15, 0.2) is 0 Å². The van der Waals surface area contributed by atoms with Gasteiger partial charge >= 0.3 is 6.03 Å². The highest BCUT2D eigenvalue weighted by Gasteiger charge is 2.10. The monoisotopic (exact) mass is 391 g/mol. The first-order valence-electron chi connectivity index (χ1n) is 6.14. The van der Waals surface area contributed by atoms with E-state index in [-0.39, 0.29) is 10.6 Å². The van der Waals surface area contributed by atoms with E-state index >= 15 is 0 Å². The van der Waals surface area contributed by atoms with Crippen LogP contribution in [0.2, 0.25) is 20.1 Å². The van der Waals surface area contributed by atoms with E-state index in [4.69, 9.17) is 46.4 Å². The molecule has 3 N–H and O–H groups in total. The molecular formula is C14H9Cl4N3O2. The molecule has 23 heavy (non-hydrogen) atoms. The summed E-state index contributed by atoms with van der Waals surface area (Å²) in [6.45, 7) is 0. The molecule has 120 valence electrons. The summed E-state index contributed by atoms with van der Waals surface area (Å²) in [5.74, 6) is -0.548. The number of carbonyl (C=O) groups excluding carboxylic acids is 2. The first kappa shape index (κ1) is 17.7. The van der Waals surface area contributed by atoms with Gasteiger partial charge in [-0.15, -0.1) is 0 Å². The lowest BCUT2D eigenvalue weighted by Gasteiger charge is -2.10. The Morgan fingerprint density at radius 2 is 1.35 bits per heavy atom. The molecule has 0 fully saturated rings. The molecule has 3 amide bonds. The predicted molar refractivity (Wildman–Crippen MR) is 92.5 cm³/mol. The molecule has 0 saturated heterocycles. The van der Waals surface area contributed by atoms with Crippen LogP contribution in [-0.4, -0.2) is 11.9 Å². The smallest absolute Gasteiger partial charge is 0.307 e. The molecule has 0 saturated carbocycles. The van der Waals surface area contributed by atoms with E-state index in [2.05, 4.69) is 16.2 Å². The van der Waals surface area contributed by atoms with Crippen LogP contribution in [0.1, 0.15) is 10.4 Å². The number of carbonyl (C=O) groups is 2. The highest BCUT2D eigenvalue weighted by atomic mass is 35.5. The summed E-state index contributed by atoms with van der Waals surface area (Å²) in [5, 5.41) is 3.71. The molecule has 0 spiro atoms. The van der Waals surface area contributed by atoms with Gasteiger partial charge in [0.1, 0.15) is 0 Å². The zero-order valence-electron chi connectivity index (χ0n) is 11.3. The molecule has 0 unspecified atom stereocenters. The highest BCUT2D eigenvalue weighted by Crippen LogP contribution is 2.25. The van der Waals surface area contributed by atoms with E-state index in [0.29, 0.717) is 20.8 Å². The maximum absolute atomic E-state index is 11.9. The average Bonchev–Trinajstić information content (AvgIpc) is 2.51. The normalized spacial score (nSPS) is 10.1. The summed E-state index contributed by atoms with van der Waals surface area (Å²) >= 11 is 23.2. The number of anilines is 1. The Morgan fingerprint density at radius 1 is 0.739 bits per heavy atom. The van der Waals surface area contributed by atoms with Gasteiger partial charge in [0.05, 0.1) is 20.1 Å². The minimum Gasteiger partial charge on any atom is -0.307 e. The fraction of sp³-hybridized carbons (Fsp3) is 0. The Balaban J connectivity index is 1.91. The van der Waals surface area contributed by atoms with Crippen molar-refractivity contribution in [1.29, 1.82) is 0 Å². The summed E-state index contributed by atoms with van der Waals surface area (Å²) in [4.78, 5) is 23.6. The second-order valence-corrected chi connectivity index (χ2v) is 5.92. The van der Waals surface area contributed by atoms with Crippen molar-refractivity contribution >= 4 is 64.0 Å². The lowest BCUT2D eigenvalue weighted by molar-refractivity contribution is 0.0938. The number of urea groups is 1. The first-order chi connectivity index (χ1) is 10.9. The van der Waals surface area contributed by atoms with Crippen molar-refractivity contribution in [1.82, 2.24) is 10.9 Å². The van der Waals surface area contributed by atoms with Crippen molar-refractivity contribution in [3.8, 4) is 0 Å². The van der Waals surface area contributed by atoms with E-state index < -0.39 is 11.9 Å². The molecule has 2 aromatic carbocycles. The Bertz CT molecular complexity index is 768.